The van der Waals surface area contributed by atoms with E-state index in [2.05, 4.69) is 13.8 Å². The lowest BCUT2D eigenvalue weighted by Crippen LogP contribution is -2.44. The molecule has 0 N–H and O–H groups in total. The van der Waals surface area contributed by atoms with Crippen molar-refractivity contribution in [1.82, 2.24) is 9.80 Å². The minimum Gasteiger partial charge on any atom is -0.449 e. The highest BCUT2D eigenvalue weighted by Gasteiger charge is 2.27. The van der Waals surface area contributed by atoms with Crippen molar-refractivity contribution in [2.45, 2.75) is 59.5 Å². The van der Waals surface area contributed by atoms with Crippen LogP contribution in [0.3, 0.4) is 0 Å². The van der Waals surface area contributed by atoms with Gasteiger partial charge in [-0.15, -0.1) is 0 Å². The number of rotatable bonds is 6. The van der Waals surface area contributed by atoms with Crippen molar-refractivity contribution in [1.29, 1.82) is 0 Å². The number of carbonyl (C=O) groups is 2. The molecule has 26 heavy (non-hydrogen) atoms. The van der Waals surface area contributed by atoms with Crippen LogP contribution in [0.25, 0.3) is 0 Å². The molecule has 0 radical (unpaired) electrons. The lowest BCUT2D eigenvalue weighted by molar-refractivity contribution is -0.140. The molecule has 6 heteroatoms. The summed E-state index contributed by atoms with van der Waals surface area (Å²) in [6, 6.07) is 0. The van der Waals surface area contributed by atoms with Crippen molar-refractivity contribution < 1.29 is 19.1 Å². The molecule has 0 unspecified atom stereocenters. The van der Waals surface area contributed by atoms with Gasteiger partial charge in [0.15, 0.2) is 0 Å². The topological polar surface area (TPSA) is 59.1 Å². The zero-order valence-electron chi connectivity index (χ0n) is 16.9. The molecule has 0 bridgehead atoms. The first-order valence-electron chi connectivity index (χ1n) is 10.2. The van der Waals surface area contributed by atoms with Gasteiger partial charge < -0.3 is 19.3 Å². The smallest absolute Gasteiger partial charge is 0.409 e. The summed E-state index contributed by atoms with van der Waals surface area (Å²) < 4.78 is 11.1. The Morgan fingerprint density at radius 1 is 0.923 bits per heavy atom. The van der Waals surface area contributed by atoms with Gasteiger partial charge in [0.25, 0.3) is 0 Å². The molecule has 0 spiro atoms. The van der Waals surface area contributed by atoms with Crippen LogP contribution in [0, 0.1) is 17.8 Å². The Bertz CT molecular complexity index is 451. The highest BCUT2D eigenvalue weighted by Crippen LogP contribution is 2.24. The Balaban J connectivity index is 1.62. The summed E-state index contributed by atoms with van der Waals surface area (Å²) in [4.78, 5) is 28.0. The average molecular weight is 369 g/mol. The van der Waals surface area contributed by atoms with Crippen LogP contribution in [0.5, 0.6) is 0 Å². The first kappa shape index (κ1) is 21.0. The van der Waals surface area contributed by atoms with Gasteiger partial charge in [-0.25, -0.2) is 4.79 Å². The average Bonchev–Trinajstić information content (AvgIpc) is 2.64. The molecule has 2 heterocycles. The van der Waals surface area contributed by atoms with Gasteiger partial charge >= 0.3 is 6.09 Å². The standard InChI is InChI=1S/C20H36N2O4/c1-15(2)13-26-20(24)22-11-7-18(8-12-22)25-14-19(23)21-9-5-17(6-10-21)16(3)4/h15-18H,5-14H2,1-4H3. The summed E-state index contributed by atoms with van der Waals surface area (Å²) in [6.07, 6.45) is 3.54. The molecule has 0 aliphatic carbocycles. The monoisotopic (exact) mass is 368 g/mol. The second kappa shape index (κ2) is 10.1. The summed E-state index contributed by atoms with van der Waals surface area (Å²) >= 11 is 0. The molecule has 2 amide bonds. The number of hydrogen-bond donors (Lipinski definition) is 0. The van der Waals surface area contributed by atoms with E-state index in [0.717, 1.165) is 44.7 Å². The summed E-state index contributed by atoms with van der Waals surface area (Å²) in [6.45, 7) is 12.2. The number of ether oxygens (including phenoxy) is 2. The molecule has 2 rings (SSSR count). The fourth-order valence-electron chi connectivity index (χ4n) is 3.63. The van der Waals surface area contributed by atoms with Crippen molar-refractivity contribution in [2.24, 2.45) is 17.8 Å². The van der Waals surface area contributed by atoms with Crippen molar-refractivity contribution in [3.8, 4) is 0 Å². The molecule has 2 aliphatic heterocycles. The summed E-state index contributed by atoms with van der Waals surface area (Å²) in [7, 11) is 0. The molecule has 150 valence electrons. The molecule has 0 aromatic carbocycles. The van der Waals surface area contributed by atoms with Gasteiger partial charge in [-0.1, -0.05) is 27.7 Å². The van der Waals surface area contributed by atoms with Crippen LogP contribution in [0.4, 0.5) is 4.79 Å². The van der Waals surface area contributed by atoms with E-state index in [1.807, 2.05) is 18.7 Å². The maximum atomic E-state index is 12.4. The van der Waals surface area contributed by atoms with Crippen molar-refractivity contribution in [3.05, 3.63) is 0 Å². The van der Waals surface area contributed by atoms with Crippen molar-refractivity contribution in [2.75, 3.05) is 39.4 Å². The SMILES string of the molecule is CC(C)COC(=O)N1CCC(OCC(=O)N2CCC(C(C)C)CC2)CC1. The number of likely N-dealkylation sites (tertiary alicyclic amines) is 2. The Morgan fingerprint density at radius 2 is 1.50 bits per heavy atom. The van der Waals surface area contributed by atoms with Gasteiger partial charge in [-0.2, -0.15) is 0 Å². The Kier molecular flexibility index (Phi) is 8.19. The van der Waals surface area contributed by atoms with Crippen LogP contribution in [-0.4, -0.2) is 67.3 Å². The molecule has 2 fully saturated rings. The Hall–Kier alpha value is -1.30. The first-order valence-corrected chi connectivity index (χ1v) is 10.2. The summed E-state index contributed by atoms with van der Waals surface area (Å²) in [5, 5.41) is 0. The van der Waals surface area contributed by atoms with Gasteiger partial charge in [0.1, 0.15) is 6.61 Å². The predicted octanol–water partition coefficient (Wildman–Crippen LogP) is 3.15. The van der Waals surface area contributed by atoms with E-state index in [-0.39, 0.29) is 24.7 Å². The second-order valence-corrected chi connectivity index (χ2v) is 8.43. The van der Waals surface area contributed by atoms with Crippen molar-refractivity contribution >= 4 is 12.0 Å². The van der Waals surface area contributed by atoms with E-state index in [0.29, 0.717) is 31.5 Å². The van der Waals surface area contributed by atoms with Crippen LogP contribution >= 0.6 is 0 Å². The molecule has 0 aromatic heterocycles. The zero-order valence-corrected chi connectivity index (χ0v) is 16.9. The van der Waals surface area contributed by atoms with Crippen molar-refractivity contribution in [3.63, 3.8) is 0 Å². The predicted molar refractivity (Wildman–Crippen MR) is 101 cm³/mol. The minimum atomic E-state index is -0.235. The van der Waals surface area contributed by atoms with Crippen LogP contribution in [-0.2, 0) is 14.3 Å². The summed E-state index contributed by atoms with van der Waals surface area (Å²) in [5.41, 5.74) is 0. The number of nitrogens with zero attached hydrogens (tertiary/aromatic N) is 2. The third-order valence-electron chi connectivity index (χ3n) is 5.52. The van der Waals surface area contributed by atoms with Crippen LogP contribution in [0.2, 0.25) is 0 Å². The first-order chi connectivity index (χ1) is 12.4. The molecule has 6 nitrogen and oxygen atoms in total. The van der Waals surface area contributed by atoms with E-state index in [9.17, 15) is 9.59 Å². The normalized spacial score (nSPS) is 20.1. The zero-order chi connectivity index (χ0) is 19.1. The molecule has 2 aliphatic rings. The number of carbonyl (C=O) groups excluding carboxylic acids is 2. The molecule has 0 atom stereocenters. The number of hydrogen-bond acceptors (Lipinski definition) is 4. The largest absolute Gasteiger partial charge is 0.449 e. The third-order valence-corrected chi connectivity index (χ3v) is 5.52. The van der Waals surface area contributed by atoms with Gasteiger partial charge in [0, 0.05) is 26.2 Å². The second-order valence-electron chi connectivity index (χ2n) is 8.43. The molecular weight excluding hydrogens is 332 g/mol. The Morgan fingerprint density at radius 3 is 2.04 bits per heavy atom. The minimum absolute atomic E-state index is 0.0568. The maximum absolute atomic E-state index is 12.4. The van der Waals surface area contributed by atoms with E-state index in [1.54, 1.807) is 4.90 Å². The Labute approximate surface area is 158 Å². The van der Waals surface area contributed by atoms with Crippen LogP contribution in [0.15, 0.2) is 0 Å². The molecule has 2 saturated heterocycles. The molecular formula is C20H36N2O4. The lowest BCUT2D eigenvalue weighted by atomic mass is 9.87. The fraction of sp³-hybridized carbons (Fsp3) is 0.900. The van der Waals surface area contributed by atoms with Crippen LogP contribution in [0.1, 0.15) is 53.4 Å². The fourth-order valence-corrected chi connectivity index (χ4v) is 3.63. The van der Waals surface area contributed by atoms with Crippen LogP contribution < -0.4 is 0 Å². The highest BCUT2D eigenvalue weighted by atomic mass is 16.6. The maximum Gasteiger partial charge on any atom is 0.409 e. The van der Waals surface area contributed by atoms with E-state index in [1.165, 1.54) is 0 Å². The molecule has 0 saturated carbocycles. The van der Waals surface area contributed by atoms with Gasteiger partial charge in [0.2, 0.25) is 5.91 Å². The van der Waals surface area contributed by atoms with E-state index in [4.69, 9.17) is 9.47 Å². The lowest BCUT2D eigenvalue weighted by Gasteiger charge is -2.35. The van der Waals surface area contributed by atoms with Gasteiger partial charge in [-0.3, -0.25) is 4.79 Å². The highest BCUT2D eigenvalue weighted by molar-refractivity contribution is 5.77. The van der Waals surface area contributed by atoms with Gasteiger partial charge in [-0.05, 0) is 43.4 Å². The quantitative estimate of drug-likeness (QED) is 0.723. The van der Waals surface area contributed by atoms with E-state index >= 15 is 0 Å². The molecule has 0 aromatic rings. The summed E-state index contributed by atoms with van der Waals surface area (Å²) in [5.74, 6) is 1.88. The van der Waals surface area contributed by atoms with Gasteiger partial charge in [0.05, 0.1) is 12.7 Å². The number of piperidine rings is 2. The number of amides is 2. The third kappa shape index (κ3) is 6.45. The van der Waals surface area contributed by atoms with E-state index < -0.39 is 0 Å².